The van der Waals surface area contributed by atoms with E-state index in [2.05, 4.69) is 11.8 Å². The van der Waals surface area contributed by atoms with Crippen molar-refractivity contribution in [1.82, 2.24) is 4.90 Å². The Kier molecular flexibility index (Phi) is 4.43. The summed E-state index contributed by atoms with van der Waals surface area (Å²) in [5, 5.41) is 0. The highest BCUT2D eigenvalue weighted by molar-refractivity contribution is 5.75. The molecule has 0 aromatic heterocycles. The molecule has 0 atom stereocenters. The molecule has 0 bridgehead atoms. The van der Waals surface area contributed by atoms with Crippen LogP contribution in [0.5, 0.6) is 0 Å². The molecule has 2 heteroatoms. The monoisotopic (exact) mass is 183 g/mol. The smallest absolute Gasteiger partial charge is 0.129 e. The van der Waals surface area contributed by atoms with Gasteiger partial charge in [-0.3, -0.25) is 0 Å². The van der Waals surface area contributed by atoms with Gasteiger partial charge in [0.05, 0.1) is 0 Å². The van der Waals surface area contributed by atoms with Gasteiger partial charge in [0.15, 0.2) is 0 Å². The minimum atomic E-state index is 0.322. The van der Waals surface area contributed by atoms with Crippen molar-refractivity contribution >= 4 is 5.78 Å². The zero-order valence-corrected chi connectivity index (χ0v) is 8.88. The molecule has 1 rings (SSSR count). The third-order valence-corrected chi connectivity index (χ3v) is 2.66. The average molecular weight is 183 g/mol. The van der Waals surface area contributed by atoms with Gasteiger partial charge in [-0.25, -0.2) is 0 Å². The Morgan fingerprint density at radius 2 is 2.15 bits per heavy atom. The van der Waals surface area contributed by atoms with Gasteiger partial charge < -0.3 is 9.69 Å². The lowest BCUT2D eigenvalue weighted by molar-refractivity contribution is -0.117. The molecule has 1 aliphatic rings. The first-order valence-corrected chi connectivity index (χ1v) is 5.44. The van der Waals surface area contributed by atoms with Gasteiger partial charge in [0.1, 0.15) is 5.78 Å². The van der Waals surface area contributed by atoms with Crippen molar-refractivity contribution in [1.29, 1.82) is 0 Å². The highest BCUT2D eigenvalue weighted by atomic mass is 16.1. The lowest BCUT2D eigenvalue weighted by Crippen LogP contribution is -2.27. The summed E-state index contributed by atoms with van der Waals surface area (Å²) in [6.45, 7) is 7.38. The van der Waals surface area contributed by atoms with Crippen molar-refractivity contribution in [2.24, 2.45) is 5.92 Å². The van der Waals surface area contributed by atoms with Crippen molar-refractivity contribution in [3.8, 4) is 0 Å². The molecule has 0 heterocycles. The van der Waals surface area contributed by atoms with Gasteiger partial charge in [0.2, 0.25) is 0 Å². The third kappa shape index (κ3) is 5.04. The van der Waals surface area contributed by atoms with Crippen LogP contribution < -0.4 is 0 Å². The standard InChI is InChI=1S/C11H21NO/c1-3-12(9-11-6-7-11)8-4-5-10(2)13/h11H,3-9H2,1-2H3. The van der Waals surface area contributed by atoms with Crippen LogP contribution in [0, 0.1) is 5.92 Å². The Balaban J connectivity index is 2.04. The highest BCUT2D eigenvalue weighted by Gasteiger charge is 2.23. The Bertz CT molecular complexity index is 163. The van der Waals surface area contributed by atoms with E-state index in [0.717, 1.165) is 31.8 Å². The summed E-state index contributed by atoms with van der Waals surface area (Å²) in [5.41, 5.74) is 0. The predicted molar refractivity (Wildman–Crippen MR) is 54.8 cm³/mol. The first-order chi connectivity index (χ1) is 6.22. The second-order valence-corrected chi connectivity index (χ2v) is 4.14. The van der Waals surface area contributed by atoms with Crippen molar-refractivity contribution in [3.05, 3.63) is 0 Å². The van der Waals surface area contributed by atoms with Crippen molar-refractivity contribution in [2.45, 2.75) is 39.5 Å². The minimum Gasteiger partial charge on any atom is -0.303 e. The normalized spacial score (nSPS) is 16.5. The molecule has 0 radical (unpaired) electrons. The van der Waals surface area contributed by atoms with Crippen LogP contribution in [0.3, 0.4) is 0 Å². The van der Waals surface area contributed by atoms with Gasteiger partial charge in [-0.05, 0) is 45.2 Å². The number of hydrogen-bond donors (Lipinski definition) is 0. The average Bonchev–Trinajstić information content (AvgIpc) is 2.86. The van der Waals surface area contributed by atoms with E-state index in [4.69, 9.17) is 0 Å². The molecule has 0 saturated heterocycles. The predicted octanol–water partition coefficient (Wildman–Crippen LogP) is 2.09. The van der Waals surface area contributed by atoms with E-state index < -0.39 is 0 Å². The molecule has 13 heavy (non-hydrogen) atoms. The maximum Gasteiger partial charge on any atom is 0.129 e. The maximum atomic E-state index is 10.7. The molecule has 1 aliphatic carbocycles. The van der Waals surface area contributed by atoms with Crippen LogP contribution in [0.2, 0.25) is 0 Å². The number of rotatable bonds is 7. The van der Waals surface area contributed by atoms with Gasteiger partial charge in [-0.1, -0.05) is 6.92 Å². The molecular weight excluding hydrogens is 162 g/mol. The van der Waals surface area contributed by atoms with Crippen LogP contribution in [-0.4, -0.2) is 30.3 Å². The third-order valence-electron chi connectivity index (χ3n) is 2.66. The highest BCUT2D eigenvalue weighted by Crippen LogP contribution is 2.29. The Morgan fingerprint density at radius 1 is 1.46 bits per heavy atom. The maximum absolute atomic E-state index is 10.7. The van der Waals surface area contributed by atoms with E-state index >= 15 is 0 Å². The molecule has 1 fully saturated rings. The fraction of sp³-hybridized carbons (Fsp3) is 0.909. The molecule has 2 nitrogen and oxygen atoms in total. The van der Waals surface area contributed by atoms with Crippen molar-refractivity contribution in [3.63, 3.8) is 0 Å². The minimum absolute atomic E-state index is 0.322. The molecular formula is C11H21NO. The summed E-state index contributed by atoms with van der Waals surface area (Å²) in [7, 11) is 0. The first-order valence-electron chi connectivity index (χ1n) is 5.44. The number of Topliss-reactive ketones (excluding diaryl/α,β-unsaturated/α-hetero) is 1. The van der Waals surface area contributed by atoms with E-state index in [-0.39, 0.29) is 0 Å². The number of ketones is 1. The van der Waals surface area contributed by atoms with Crippen LogP contribution in [0.15, 0.2) is 0 Å². The van der Waals surface area contributed by atoms with E-state index in [0.29, 0.717) is 5.78 Å². The van der Waals surface area contributed by atoms with Gasteiger partial charge in [-0.15, -0.1) is 0 Å². The zero-order valence-electron chi connectivity index (χ0n) is 8.88. The summed E-state index contributed by atoms with van der Waals surface area (Å²) in [5.74, 6) is 1.29. The lowest BCUT2D eigenvalue weighted by atomic mass is 10.2. The number of carbonyl (C=O) groups excluding carboxylic acids is 1. The topological polar surface area (TPSA) is 20.3 Å². The van der Waals surface area contributed by atoms with Crippen LogP contribution in [0.25, 0.3) is 0 Å². The van der Waals surface area contributed by atoms with E-state index in [1.54, 1.807) is 6.92 Å². The van der Waals surface area contributed by atoms with E-state index in [1.807, 2.05) is 0 Å². The molecule has 0 spiro atoms. The van der Waals surface area contributed by atoms with Crippen LogP contribution in [0.4, 0.5) is 0 Å². The molecule has 0 aromatic rings. The van der Waals surface area contributed by atoms with Crippen LogP contribution >= 0.6 is 0 Å². The molecule has 0 aliphatic heterocycles. The summed E-state index contributed by atoms with van der Waals surface area (Å²) in [6.07, 6.45) is 4.63. The summed E-state index contributed by atoms with van der Waals surface area (Å²) < 4.78 is 0. The van der Waals surface area contributed by atoms with Crippen LogP contribution in [-0.2, 0) is 4.79 Å². The zero-order chi connectivity index (χ0) is 9.68. The Hall–Kier alpha value is -0.370. The number of nitrogens with zero attached hydrogens (tertiary/aromatic N) is 1. The van der Waals surface area contributed by atoms with Crippen molar-refractivity contribution < 1.29 is 4.79 Å². The molecule has 0 amide bonds. The lowest BCUT2D eigenvalue weighted by Gasteiger charge is -2.19. The molecule has 0 N–H and O–H groups in total. The van der Waals surface area contributed by atoms with Gasteiger partial charge in [0.25, 0.3) is 0 Å². The number of carbonyl (C=O) groups is 1. The Morgan fingerprint density at radius 3 is 2.62 bits per heavy atom. The Labute approximate surface area is 81.3 Å². The second kappa shape index (κ2) is 5.38. The van der Waals surface area contributed by atoms with Gasteiger partial charge in [-0.2, -0.15) is 0 Å². The molecule has 76 valence electrons. The number of hydrogen-bond acceptors (Lipinski definition) is 2. The van der Waals surface area contributed by atoms with Crippen LogP contribution in [0.1, 0.15) is 39.5 Å². The largest absolute Gasteiger partial charge is 0.303 e. The molecule has 0 aromatic carbocycles. The van der Waals surface area contributed by atoms with E-state index in [9.17, 15) is 4.79 Å². The first kappa shape index (κ1) is 10.7. The fourth-order valence-electron chi connectivity index (χ4n) is 1.60. The fourth-order valence-corrected chi connectivity index (χ4v) is 1.60. The second-order valence-electron chi connectivity index (χ2n) is 4.14. The van der Waals surface area contributed by atoms with E-state index in [1.165, 1.54) is 19.4 Å². The molecule has 0 unspecified atom stereocenters. The summed E-state index contributed by atoms with van der Waals surface area (Å²) >= 11 is 0. The quantitative estimate of drug-likeness (QED) is 0.602. The summed E-state index contributed by atoms with van der Waals surface area (Å²) in [6, 6.07) is 0. The molecule has 1 saturated carbocycles. The van der Waals surface area contributed by atoms with Crippen molar-refractivity contribution in [2.75, 3.05) is 19.6 Å². The summed E-state index contributed by atoms with van der Waals surface area (Å²) in [4.78, 5) is 13.2. The van der Waals surface area contributed by atoms with Gasteiger partial charge in [0, 0.05) is 13.0 Å². The SMILES string of the molecule is CCN(CCCC(C)=O)CC1CC1. The van der Waals surface area contributed by atoms with Gasteiger partial charge >= 0.3 is 0 Å².